The average molecular weight is 234 g/mol. The van der Waals surface area contributed by atoms with Gasteiger partial charge in [-0.1, -0.05) is 11.6 Å². The minimum atomic E-state index is -0.171. The number of nitrogens with one attached hydrogen (secondary N) is 1. The number of aromatic amines is 1. The lowest BCUT2D eigenvalue weighted by Crippen LogP contribution is -2.09. The van der Waals surface area contributed by atoms with Crippen molar-refractivity contribution in [1.29, 1.82) is 0 Å². The molecule has 0 aliphatic heterocycles. The average Bonchev–Trinajstić information content (AvgIpc) is 2.59. The van der Waals surface area contributed by atoms with E-state index in [-0.39, 0.29) is 5.56 Å². The van der Waals surface area contributed by atoms with Crippen LogP contribution in [-0.4, -0.2) is 14.4 Å². The number of imidazole rings is 1. The molecule has 5 heteroatoms. The summed E-state index contributed by atoms with van der Waals surface area (Å²) in [6.07, 6.45) is 1.88. The minimum Gasteiger partial charge on any atom is -0.291 e. The molecule has 0 saturated heterocycles. The number of hydrogen-bond acceptors (Lipinski definition) is 2. The highest BCUT2D eigenvalue weighted by Gasteiger charge is 2.06. The molecule has 0 fully saturated rings. The Hall–Kier alpha value is -1.81. The highest BCUT2D eigenvalue weighted by Crippen LogP contribution is 2.17. The molecule has 3 aromatic rings. The Morgan fingerprint density at radius 1 is 1.44 bits per heavy atom. The van der Waals surface area contributed by atoms with Gasteiger partial charge in [0.05, 0.1) is 16.6 Å². The predicted molar refractivity (Wildman–Crippen MR) is 63.1 cm³/mol. The number of H-pyrrole nitrogens is 1. The smallest absolute Gasteiger partial charge is 0.260 e. The number of halogens is 1. The zero-order valence-electron chi connectivity index (χ0n) is 8.49. The lowest BCUT2D eigenvalue weighted by molar-refractivity contribution is 1.13. The van der Waals surface area contributed by atoms with E-state index in [2.05, 4.69) is 9.97 Å². The predicted octanol–water partition coefficient (Wildman–Crippen LogP) is 2.14. The Morgan fingerprint density at radius 2 is 2.25 bits per heavy atom. The summed E-state index contributed by atoms with van der Waals surface area (Å²) in [5.41, 5.74) is 1.50. The second-order valence-corrected chi connectivity index (χ2v) is 4.13. The van der Waals surface area contributed by atoms with Crippen LogP contribution in [0.2, 0.25) is 5.02 Å². The summed E-state index contributed by atoms with van der Waals surface area (Å²) in [6, 6.07) is 5.24. The zero-order chi connectivity index (χ0) is 11.3. The monoisotopic (exact) mass is 233 g/mol. The molecule has 0 bridgehead atoms. The van der Waals surface area contributed by atoms with E-state index in [1.807, 2.05) is 23.6 Å². The second kappa shape index (κ2) is 3.09. The van der Waals surface area contributed by atoms with Crippen LogP contribution in [0.4, 0.5) is 0 Å². The van der Waals surface area contributed by atoms with Gasteiger partial charge in [0.2, 0.25) is 5.78 Å². The maximum Gasteiger partial charge on any atom is 0.260 e. The van der Waals surface area contributed by atoms with E-state index in [4.69, 9.17) is 11.6 Å². The number of hydrogen-bond donors (Lipinski definition) is 1. The van der Waals surface area contributed by atoms with Gasteiger partial charge in [-0.3, -0.25) is 14.2 Å². The van der Waals surface area contributed by atoms with Crippen molar-refractivity contribution in [3.63, 3.8) is 0 Å². The standard InChI is InChI=1S/C11H8ClN3O/c1-6-5-15-9-3-2-7(12)4-8(9)10(16)14-11(15)13-6/h2-5H,1H3,(H,13,14,16). The van der Waals surface area contributed by atoms with Crippen molar-refractivity contribution in [2.75, 3.05) is 0 Å². The zero-order valence-corrected chi connectivity index (χ0v) is 9.25. The Bertz CT molecular complexity index is 757. The van der Waals surface area contributed by atoms with Gasteiger partial charge in [-0.25, -0.2) is 4.98 Å². The van der Waals surface area contributed by atoms with Gasteiger partial charge in [0, 0.05) is 11.2 Å². The summed E-state index contributed by atoms with van der Waals surface area (Å²) in [4.78, 5) is 18.7. The molecule has 0 atom stereocenters. The summed E-state index contributed by atoms with van der Waals surface area (Å²) in [5.74, 6) is 0.553. The Balaban J connectivity index is 2.64. The van der Waals surface area contributed by atoms with Crippen LogP contribution < -0.4 is 5.56 Å². The maximum absolute atomic E-state index is 11.8. The van der Waals surface area contributed by atoms with Crippen molar-refractivity contribution < 1.29 is 0 Å². The first kappa shape index (κ1) is 9.42. The van der Waals surface area contributed by atoms with E-state index in [0.29, 0.717) is 16.2 Å². The summed E-state index contributed by atoms with van der Waals surface area (Å²) < 4.78 is 1.85. The number of fused-ring (bicyclic) bond motifs is 3. The van der Waals surface area contributed by atoms with Crippen LogP contribution in [0.5, 0.6) is 0 Å². The second-order valence-electron chi connectivity index (χ2n) is 3.69. The molecule has 0 saturated carbocycles. The van der Waals surface area contributed by atoms with E-state index in [9.17, 15) is 4.79 Å². The van der Waals surface area contributed by atoms with Gasteiger partial charge in [-0.2, -0.15) is 0 Å². The largest absolute Gasteiger partial charge is 0.291 e. The fourth-order valence-corrected chi connectivity index (χ4v) is 2.01. The number of rotatable bonds is 0. The number of benzene rings is 1. The molecule has 2 aromatic heterocycles. The molecule has 4 nitrogen and oxygen atoms in total. The first-order valence-electron chi connectivity index (χ1n) is 4.82. The van der Waals surface area contributed by atoms with Crippen LogP contribution in [0.1, 0.15) is 5.69 Å². The van der Waals surface area contributed by atoms with Crippen molar-refractivity contribution in [2.45, 2.75) is 6.92 Å². The Labute approximate surface area is 95.5 Å². The molecule has 2 heterocycles. The molecule has 80 valence electrons. The third kappa shape index (κ3) is 1.23. The van der Waals surface area contributed by atoms with Gasteiger partial charge >= 0.3 is 0 Å². The van der Waals surface area contributed by atoms with Crippen LogP contribution in [0.15, 0.2) is 29.2 Å². The summed E-state index contributed by atoms with van der Waals surface area (Å²) in [7, 11) is 0. The number of aromatic nitrogens is 3. The van der Waals surface area contributed by atoms with Gasteiger partial charge in [-0.05, 0) is 25.1 Å². The van der Waals surface area contributed by atoms with Crippen LogP contribution in [0.25, 0.3) is 16.7 Å². The fourth-order valence-electron chi connectivity index (χ4n) is 1.84. The SMILES string of the molecule is Cc1cn2c(n1)[nH]c(=O)c1cc(Cl)ccc12. The topological polar surface area (TPSA) is 50.2 Å². The van der Waals surface area contributed by atoms with Crippen molar-refractivity contribution in [3.05, 3.63) is 45.5 Å². The van der Waals surface area contributed by atoms with E-state index in [0.717, 1.165) is 11.2 Å². The van der Waals surface area contributed by atoms with Crippen molar-refractivity contribution in [1.82, 2.24) is 14.4 Å². The first-order valence-corrected chi connectivity index (χ1v) is 5.20. The van der Waals surface area contributed by atoms with E-state index >= 15 is 0 Å². The molecule has 16 heavy (non-hydrogen) atoms. The summed E-state index contributed by atoms with van der Waals surface area (Å²) >= 11 is 5.87. The number of nitrogens with zero attached hydrogens (tertiary/aromatic N) is 2. The van der Waals surface area contributed by atoms with Gasteiger partial charge in [0.1, 0.15) is 0 Å². The normalized spacial score (nSPS) is 11.4. The number of aryl methyl sites for hydroxylation is 1. The van der Waals surface area contributed by atoms with Crippen molar-refractivity contribution in [3.8, 4) is 0 Å². The third-order valence-electron chi connectivity index (χ3n) is 2.51. The molecule has 0 radical (unpaired) electrons. The van der Waals surface area contributed by atoms with Crippen LogP contribution >= 0.6 is 11.6 Å². The molecule has 0 amide bonds. The highest BCUT2D eigenvalue weighted by atomic mass is 35.5. The lowest BCUT2D eigenvalue weighted by atomic mass is 10.2. The van der Waals surface area contributed by atoms with Gasteiger partial charge in [-0.15, -0.1) is 0 Å². The van der Waals surface area contributed by atoms with Gasteiger partial charge < -0.3 is 0 Å². The molecule has 1 aromatic carbocycles. The maximum atomic E-state index is 11.8. The molecular weight excluding hydrogens is 226 g/mol. The molecule has 0 aliphatic carbocycles. The lowest BCUT2D eigenvalue weighted by Gasteiger charge is -2.01. The van der Waals surface area contributed by atoms with Gasteiger partial charge in [0.25, 0.3) is 5.56 Å². The summed E-state index contributed by atoms with van der Waals surface area (Å²) in [5, 5.41) is 1.12. The van der Waals surface area contributed by atoms with E-state index in [1.54, 1.807) is 12.1 Å². The fraction of sp³-hybridized carbons (Fsp3) is 0.0909. The first-order chi connectivity index (χ1) is 7.65. The van der Waals surface area contributed by atoms with Crippen molar-refractivity contribution in [2.24, 2.45) is 0 Å². The van der Waals surface area contributed by atoms with Crippen molar-refractivity contribution >= 4 is 28.3 Å². The van der Waals surface area contributed by atoms with Gasteiger partial charge in [0.15, 0.2) is 0 Å². The Morgan fingerprint density at radius 3 is 3.06 bits per heavy atom. The van der Waals surface area contributed by atoms with Crippen LogP contribution in [0.3, 0.4) is 0 Å². The molecule has 0 spiro atoms. The quantitative estimate of drug-likeness (QED) is 0.647. The van der Waals surface area contributed by atoms with Crippen LogP contribution in [0, 0.1) is 6.92 Å². The van der Waals surface area contributed by atoms with E-state index in [1.165, 1.54) is 0 Å². The minimum absolute atomic E-state index is 0.171. The third-order valence-corrected chi connectivity index (χ3v) is 2.75. The van der Waals surface area contributed by atoms with Crippen LogP contribution in [-0.2, 0) is 0 Å². The molecule has 0 unspecified atom stereocenters. The highest BCUT2D eigenvalue weighted by molar-refractivity contribution is 6.31. The molecule has 0 aliphatic rings. The molecule has 3 rings (SSSR count). The van der Waals surface area contributed by atoms with E-state index < -0.39 is 0 Å². The molecule has 1 N–H and O–H groups in total. The summed E-state index contributed by atoms with van der Waals surface area (Å²) in [6.45, 7) is 1.88. The Kier molecular flexibility index (Phi) is 1.82. The molecular formula is C11H8ClN3O.